The number of rotatable bonds is 8. The standard InChI is InChI=1S/C24H26N2O4S/c1-18-10-7-8-15-23(18)30-17-19(2)25-24(27)20-11-9-12-21(16-20)26(3)31(28,29)22-13-5-4-6-14-22/h4-16,19H,17H2,1-3H3,(H,25,27)/t19-/m0/s1. The number of sulfonamides is 1. The molecule has 6 nitrogen and oxygen atoms in total. The lowest BCUT2D eigenvalue weighted by Gasteiger charge is -2.20. The van der Waals surface area contributed by atoms with Crippen LogP contribution in [0.2, 0.25) is 0 Å². The third-order valence-electron chi connectivity index (χ3n) is 4.83. The SMILES string of the molecule is Cc1ccccc1OC[C@H](C)NC(=O)c1cccc(N(C)S(=O)(=O)c2ccccc2)c1. The Kier molecular flexibility index (Phi) is 6.97. The first kappa shape index (κ1) is 22.4. The molecule has 0 spiro atoms. The van der Waals surface area contributed by atoms with Crippen LogP contribution in [0.5, 0.6) is 5.75 Å². The maximum Gasteiger partial charge on any atom is 0.264 e. The lowest BCUT2D eigenvalue weighted by Crippen LogP contribution is -2.37. The van der Waals surface area contributed by atoms with Gasteiger partial charge in [-0.15, -0.1) is 0 Å². The summed E-state index contributed by atoms with van der Waals surface area (Å²) in [5.41, 5.74) is 1.80. The molecule has 0 aliphatic carbocycles. The Morgan fingerprint density at radius 1 is 1.00 bits per heavy atom. The molecule has 0 heterocycles. The van der Waals surface area contributed by atoms with Gasteiger partial charge in [0.05, 0.1) is 16.6 Å². The fourth-order valence-corrected chi connectivity index (χ4v) is 4.22. The van der Waals surface area contributed by atoms with E-state index in [1.165, 1.54) is 11.4 Å². The summed E-state index contributed by atoms with van der Waals surface area (Å²) < 4.78 is 32.7. The average Bonchev–Trinajstić information content (AvgIpc) is 2.78. The predicted octanol–water partition coefficient (Wildman–Crippen LogP) is 4.02. The number of benzene rings is 3. The molecule has 0 saturated carbocycles. The number of carbonyl (C=O) groups is 1. The van der Waals surface area contributed by atoms with Crippen molar-refractivity contribution in [1.82, 2.24) is 5.32 Å². The average molecular weight is 439 g/mol. The summed E-state index contributed by atoms with van der Waals surface area (Å²) in [4.78, 5) is 12.9. The first-order valence-corrected chi connectivity index (χ1v) is 11.4. The van der Waals surface area contributed by atoms with Crippen molar-refractivity contribution in [2.75, 3.05) is 18.0 Å². The van der Waals surface area contributed by atoms with Crippen LogP contribution in [0.4, 0.5) is 5.69 Å². The largest absolute Gasteiger partial charge is 0.491 e. The van der Waals surface area contributed by atoms with Crippen molar-refractivity contribution in [1.29, 1.82) is 0 Å². The van der Waals surface area contributed by atoms with Gasteiger partial charge in [0.25, 0.3) is 15.9 Å². The van der Waals surface area contributed by atoms with Crippen LogP contribution in [0.3, 0.4) is 0 Å². The second-order valence-corrected chi connectivity index (χ2v) is 9.26. The molecule has 31 heavy (non-hydrogen) atoms. The Bertz CT molecular complexity index is 1150. The highest BCUT2D eigenvalue weighted by molar-refractivity contribution is 7.92. The van der Waals surface area contributed by atoms with E-state index in [4.69, 9.17) is 4.74 Å². The zero-order valence-electron chi connectivity index (χ0n) is 17.8. The van der Waals surface area contributed by atoms with E-state index in [0.717, 1.165) is 11.3 Å². The minimum Gasteiger partial charge on any atom is -0.491 e. The number of nitrogens with zero attached hydrogens (tertiary/aromatic N) is 1. The molecule has 1 amide bonds. The molecular formula is C24H26N2O4S. The Balaban J connectivity index is 1.68. The van der Waals surface area contributed by atoms with Gasteiger partial charge in [0.1, 0.15) is 12.4 Å². The number of ether oxygens (including phenoxy) is 1. The molecule has 3 aromatic carbocycles. The predicted molar refractivity (Wildman–Crippen MR) is 122 cm³/mol. The number of para-hydroxylation sites is 1. The summed E-state index contributed by atoms with van der Waals surface area (Å²) in [6.07, 6.45) is 0. The Morgan fingerprint density at radius 3 is 2.39 bits per heavy atom. The molecule has 7 heteroatoms. The highest BCUT2D eigenvalue weighted by Crippen LogP contribution is 2.23. The van der Waals surface area contributed by atoms with Crippen LogP contribution in [0.25, 0.3) is 0 Å². The smallest absolute Gasteiger partial charge is 0.264 e. The van der Waals surface area contributed by atoms with Crippen molar-refractivity contribution in [3.05, 3.63) is 90.0 Å². The van der Waals surface area contributed by atoms with Gasteiger partial charge in [0.2, 0.25) is 0 Å². The molecule has 0 aliphatic rings. The normalized spacial score (nSPS) is 12.1. The molecule has 1 atom stereocenters. The summed E-state index contributed by atoms with van der Waals surface area (Å²) >= 11 is 0. The van der Waals surface area contributed by atoms with Gasteiger partial charge in [-0.05, 0) is 55.8 Å². The van der Waals surface area contributed by atoms with Gasteiger partial charge in [0.15, 0.2) is 0 Å². The van der Waals surface area contributed by atoms with Crippen molar-refractivity contribution in [2.45, 2.75) is 24.8 Å². The number of amides is 1. The molecule has 0 radical (unpaired) electrons. The highest BCUT2D eigenvalue weighted by atomic mass is 32.2. The fraction of sp³-hybridized carbons (Fsp3) is 0.208. The Labute approximate surface area is 183 Å². The second-order valence-electron chi connectivity index (χ2n) is 7.29. The quantitative estimate of drug-likeness (QED) is 0.576. The number of aryl methyl sites for hydroxylation is 1. The molecule has 3 rings (SSSR count). The van der Waals surface area contributed by atoms with Gasteiger partial charge < -0.3 is 10.1 Å². The third kappa shape index (κ3) is 5.44. The lowest BCUT2D eigenvalue weighted by atomic mass is 10.1. The van der Waals surface area contributed by atoms with Gasteiger partial charge in [-0.3, -0.25) is 9.10 Å². The van der Waals surface area contributed by atoms with Crippen LogP contribution < -0.4 is 14.4 Å². The first-order chi connectivity index (χ1) is 14.8. The van der Waals surface area contributed by atoms with Crippen LogP contribution >= 0.6 is 0 Å². The molecule has 3 aromatic rings. The maximum absolute atomic E-state index is 12.8. The lowest BCUT2D eigenvalue weighted by molar-refractivity contribution is 0.0926. The van der Waals surface area contributed by atoms with Gasteiger partial charge >= 0.3 is 0 Å². The van der Waals surface area contributed by atoms with Crippen LogP contribution in [0.15, 0.2) is 83.8 Å². The molecule has 162 valence electrons. The van der Waals surface area contributed by atoms with E-state index in [-0.39, 0.29) is 16.8 Å². The molecule has 0 aromatic heterocycles. The van der Waals surface area contributed by atoms with E-state index < -0.39 is 10.0 Å². The Hall–Kier alpha value is -3.32. The minimum absolute atomic E-state index is 0.189. The van der Waals surface area contributed by atoms with Crippen molar-refractivity contribution in [3.63, 3.8) is 0 Å². The van der Waals surface area contributed by atoms with Gasteiger partial charge in [-0.2, -0.15) is 0 Å². The topological polar surface area (TPSA) is 75.7 Å². The van der Waals surface area contributed by atoms with Crippen LogP contribution in [-0.2, 0) is 10.0 Å². The zero-order valence-corrected chi connectivity index (χ0v) is 18.6. The molecule has 0 unspecified atom stereocenters. The van der Waals surface area contributed by atoms with E-state index >= 15 is 0 Å². The van der Waals surface area contributed by atoms with Crippen molar-refractivity contribution >= 4 is 21.6 Å². The Morgan fingerprint density at radius 2 is 1.68 bits per heavy atom. The number of carbonyl (C=O) groups excluding carboxylic acids is 1. The molecule has 0 aliphatic heterocycles. The van der Waals surface area contributed by atoms with E-state index in [1.807, 2.05) is 38.1 Å². The number of hydrogen-bond acceptors (Lipinski definition) is 4. The van der Waals surface area contributed by atoms with E-state index in [1.54, 1.807) is 54.6 Å². The molecule has 0 saturated heterocycles. The van der Waals surface area contributed by atoms with Crippen molar-refractivity contribution < 1.29 is 17.9 Å². The first-order valence-electron chi connectivity index (χ1n) is 9.92. The summed E-state index contributed by atoms with van der Waals surface area (Å²) in [7, 11) is -2.25. The van der Waals surface area contributed by atoms with Crippen LogP contribution in [0.1, 0.15) is 22.8 Å². The van der Waals surface area contributed by atoms with Gasteiger partial charge in [-0.25, -0.2) is 8.42 Å². The summed E-state index contributed by atoms with van der Waals surface area (Å²) in [5, 5.41) is 2.89. The summed E-state index contributed by atoms with van der Waals surface area (Å²) in [5.74, 6) is 0.478. The monoisotopic (exact) mass is 438 g/mol. The van der Waals surface area contributed by atoms with E-state index in [9.17, 15) is 13.2 Å². The summed E-state index contributed by atoms with van der Waals surface area (Å²) in [6.45, 7) is 4.13. The minimum atomic E-state index is -3.72. The third-order valence-corrected chi connectivity index (χ3v) is 6.63. The van der Waals surface area contributed by atoms with Crippen molar-refractivity contribution in [3.8, 4) is 5.75 Å². The van der Waals surface area contributed by atoms with Crippen molar-refractivity contribution in [2.24, 2.45) is 0 Å². The van der Waals surface area contributed by atoms with Crippen LogP contribution in [0, 0.1) is 6.92 Å². The molecular weight excluding hydrogens is 412 g/mol. The zero-order chi connectivity index (χ0) is 22.4. The highest BCUT2D eigenvalue weighted by Gasteiger charge is 2.22. The van der Waals surface area contributed by atoms with Gasteiger partial charge in [0, 0.05) is 12.6 Å². The van der Waals surface area contributed by atoms with Crippen LogP contribution in [-0.4, -0.2) is 34.0 Å². The number of nitrogens with one attached hydrogen (secondary N) is 1. The maximum atomic E-state index is 12.8. The fourth-order valence-electron chi connectivity index (χ4n) is 3.01. The number of hydrogen-bond donors (Lipinski definition) is 1. The molecule has 0 bridgehead atoms. The second kappa shape index (κ2) is 9.66. The number of anilines is 1. The van der Waals surface area contributed by atoms with E-state index in [0.29, 0.717) is 17.9 Å². The molecule has 0 fully saturated rings. The molecule has 1 N–H and O–H groups in total. The van der Waals surface area contributed by atoms with E-state index in [2.05, 4.69) is 5.32 Å². The van der Waals surface area contributed by atoms with Gasteiger partial charge in [-0.1, -0.05) is 42.5 Å². The summed E-state index contributed by atoms with van der Waals surface area (Å²) in [6, 6.07) is 22.2.